The van der Waals surface area contributed by atoms with E-state index in [9.17, 15) is 4.79 Å². The Hall–Kier alpha value is -2.18. The third-order valence-corrected chi connectivity index (χ3v) is 3.69. The van der Waals surface area contributed by atoms with Gasteiger partial charge < -0.3 is 10.4 Å². The van der Waals surface area contributed by atoms with Gasteiger partial charge in [-0.1, -0.05) is 11.6 Å². The van der Waals surface area contributed by atoms with E-state index in [0.29, 0.717) is 0 Å². The molecule has 0 aliphatic rings. The molecule has 0 unspecified atom stereocenters. The van der Waals surface area contributed by atoms with Gasteiger partial charge in [0.25, 0.3) is 0 Å². The van der Waals surface area contributed by atoms with Crippen molar-refractivity contribution < 1.29 is 9.90 Å². The number of halogens is 1. The Morgan fingerprint density at radius 3 is 2.95 bits per heavy atom. The lowest BCUT2D eigenvalue weighted by atomic mass is 10.2. The highest BCUT2D eigenvalue weighted by molar-refractivity contribution is 7.16. The van der Waals surface area contributed by atoms with Crippen LogP contribution in [0, 0.1) is 0 Å². The van der Waals surface area contributed by atoms with Gasteiger partial charge in [0.05, 0.1) is 15.7 Å². The Morgan fingerprint density at radius 2 is 2.15 bits per heavy atom. The predicted molar refractivity (Wildman–Crippen MR) is 79.1 cm³/mol. The molecule has 1 aromatic carbocycles. The number of nitrogens with zero attached hydrogens (tertiary/aromatic N) is 2. The van der Waals surface area contributed by atoms with Gasteiger partial charge in [-0.15, -0.1) is 11.3 Å². The summed E-state index contributed by atoms with van der Waals surface area (Å²) in [5, 5.41) is 12.4. The number of hydrogen-bond donors (Lipinski definition) is 2. The first kappa shape index (κ1) is 12.8. The zero-order valence-electron chi connectivity index (χ0n) is 10.0. The average molecular weight is 306 g/mol. The van der Waals surface area contributed by atoms with Crippen molar-refractivity contribution in [3.8, 4) is 0 Å². The maximum absolute atomic E-state index is 11.2. The Bertz CT molecular complexity index is 803. The number of pyridine rings is 1. The summed E-state index contributed by atoms with van der Waals surface area (Å²) in [6.45, 7) is 0. The molecule has 2 aromatic heterocycles. The summed E-state index contributed by atoms with van der Waals surface area (Å²) in [5.74, 6) is -0.843. The third-order valence-electron chi connectivity index (χ3n) is 2.69. The quantitative estimate of drug-likeness (QED) is 0.720. The number of carbonyl (C=O) groups is 1. The molecule has 5 nitrogen and oxygen atoms in total. The second-order valence-electron chi connectivity index (χ2n) is 4.00. The number of hydrogen-bond acceptors (Lipinski definition) is 5. The van der Waals surface area contributed by atoms with Crippen LogP contribution in [0.1, 0.15) is 10.4 Å². The van der Waals surface area contributed by atoms with Crippen LogP contribution in [0.2, 0.25) is 5.15 Å². The second-order valence-corrected chi connectivity index (χ2v) is 5.27. The Kier molecular flexibility index (Phi) is 3.25. The van der Waals surface area contributed by atoms with Crippen molar-refractivity contribution in [3.05, 3.63) is 46.6 Å². The van der Waals surface area contributed by atoms with E-state index < -0.39 is 5.97 Å². The van der Waals surface area contributed by atoms with Gasteiger partial charge in [0.15, 0.2) is 0 Å². The standard InChI is InChI=1S/C13H8ClN3O2S/c14-11-4-2-8(13(18)19)12(17-11)16-7-1-3-9-10(5-7)20-6-15-9/h1-6H,(H,16,17)(H,18,19). The van der Waals surface area contributed by atoms with E-state index in [1.807, 2.05) is 18.2 Å². The fraction of sp³-hybridized carbons (Fsp3) is 0. The molecule has 0 amide bonds. The number of thiazole rings is 1. The molecule has 0 aliphatic heterocycles. The molecule has 2 N–H and O–H groups in total. The monoisotopic (exact) mass is 305 g/mol. The van der Waals surface area contributed by atoms with Crippen LogP contribution in [0.5, 0.6) is 0 Å². The summed E-state index contributed by atoms with van der Waals surface area (Å²) in [5.41, 5.74) is 3.46. The molecule has 0 aliphatic carbocycles. The third kappa shape index (κ3) is 2.43. The second kappa shape index (κ2) is 5.07. The smallest absolute Gasteiger partial charge is 0.339 e. The van der Waals surface area contributed by atoms with Gasteiger partial charge in [-0.3, -0.25) is 0 Å². The number of rotatable bonds is 3. The molecular formula is C13H8ClN3O2S. The summed E-state index contributed by atoms with van der Waals surface area (Å²) in [7, 11) is 0. The van der Waals surface area contributed by atoms with E-state index in [0.717, 1.165) is 15.9 Å². The van der Waals surface area contributed by atoms with Crippen molar-refractivity contribution in [2.24, 2.45) is 0 Å². The van der Waals surface area contributed by atoms with Crippen LogP contribution >= 0.6 is 22.9 Å². The number of carboxylic acids is 1. The molecule has 20 heavy (non-hydrogen) atoms. The molecule has 0 spiro atoms. The molecule has 100 valence electrons. The minimum Gasteiger partial charge on any atom is -0.478 e. The van der Waals surface area contributed by atoms with Crippen molar-refractivity contribution in [1.29, 1.82) is 0 Å². The lowest BCUT2D eigenvalue weighted by Crippen LogP contribution is -2.04. The van der Waals surface area contributed by atoms with Crippen LogP contribution in [0.25, 0.3) is 10.2 Å². The molecule has 0 atom stereocenters. The van der Waals surface area contributed by atoms with Gasteiger partial charge in [-0.25, -0.2) is 14.8 Å². The van der Waals surface area contributed by atoms with Crippen molar-refractivity contribution in [3.63, 3.8) is 0 Å². The van der Waals surface area contributed by atoms with E-state index in [1.54, 1.807) is 5.51 Å². The fourth-order valence-corrected chi connectivity index (χ4v) is 2.64. The fourth-order valence-electron chi connectivity index (χ4n) is 1.77. The van der Waals surface area contributed by atoms with E-state index in [1.165, 1.54) is 23.5 Å². The van der Waals surface area contributed by atoms with Crippen LogP contribution in [0.3, 0.4) is 0 Å². The van der Waals surface area contributed by atoms with E-state index >= 15 is 0 Å². The van der Waals surface area contributed by atoms with Crippen LogP contribution < -0.4 is 5.32 Å². The highest BCUT2D eigenvalue weighted by atomic mass is 35.5. The van der Waals surface area contributed by atoms with E-state index in [2.05, 4.69) is 15.3 Å². The first-order chi connectivity index (χ1) is 9.63. The van der Waals surface area contributed by atoms with Crippen LogP contribution in [0.4, 0.5) is 11.5 Å². The van der Waals surface area contributed by atoms with Crippen LogP contribution in [0.15, 0.2) is 35.8 Å². The minimum absolute atomic E-state index is 0.0683. The van der Waals surface area contributed by atoms with Gasteiger partial charge in [-0.2, -0.15) is 0 Å². The molecule has 0 saturated carbocycles. The molecule has 3 rings (SSSR count). The number of benzene rings is 1. The Labute approximate surface area is 122 Å². The van der Waals surface area contributed by atoms with Crippen LogP contribution in [-0.2, 0) is 0 Å². The largest absolute Gasteiger partial charge is 0.478 e. The maximum Gasteiger partial charge on any atom is 0.339 e. The molecule has 0 bridgehead atoms. The molecule has 2 heterocycles. The molecule has 3 aromatic rings. The van der Waals surface area contributed by atoms with Gasteiger partial charge in [0, 0.05) is 5.69 Å². The lowest BCUT2D eigenvalue weighted by Gasteiger charge is -2.08. The van der Waals surface area contributed by atoms with Gasteiger partial charge in [0.2, 0.25) is 0 Å². The summed E-state index contributed by atoms with van der Waals surface area (Å²) in [4.78, 5) is 19.4. The number of carboxylic acid groups (broad SMARTS) is 1. The van der Waals surface area contributed by atoms with Crippen molar-refractivity contribution in [2.75, 3.05) is 5.32 Å². The highest BCUT2D eigenvalue weighted by Crippen LogP contribution is 2.26. The number of aromatic carboxylic acids is 1. The lowest BCUT2D eigenvalue weighted by molar-refractivity contribution is 0.0697. The molecule has 0 radical (unpaired) electrons. The molecule has 0 fully saturated rings. The van der Waals surface area contributed by atoms with Gasteiger partial charge in [-0.05, 0) is 30.3 Å². The Balaban J connectivity index is 2.01. The number of fused-ring (bicyclic) bond motifs is 1. The first-order valence-electron chi connectivity index (χ1n) is 5.63. The van der Waals surface area contributed by atoms with Crippen molar-refractivity contribution in [2.45, 2.75) is 0 Å². The zero-order valence-corrected chi connectivity index (χ0v) is 11.6. The summed E-state index contributed by atoms with van der Waals surface area (Å²) in [6, 6.07) is 8.43. The topological polar surface area (TPSA) is 75.1 Å². The molecule has 0 saturated heterocycles. The van der Waals surface area contributed by atoms with Crippen molar-refractivity contribution >= 4 is 50.6 Å². The normalized spacial score (nSPS) is 10.7. The predicted octanol–water partition coefficient (Wildman–Crippen LogP) is 3.79. The number of aromatic nitrogens is 2. The Morgan fingerprint density at radius 1 is 1.30 bits per heavy atom. The number of nitrogens with one attached hydrogen (secondary N) is 1. The summed E-state index contributed by atoms with van der Waals surface area (Å²) in [6.07, 6.45) is 0. The van der Waals surface area contributed by atoms with Crippen LogP contribution in [-0.4, -0.2) is 21.0 Å². The van der Waals surface area contributed by atoms with Crippen molar-refractivity contribution in [1.82, 2.24) is 9.97 Å². The zero-order chi connectivity index (χ0) is 14.1. The van der Waals surface area contributed by atoms with E-state index in [4.69, 9.17) is 16.7 Å². The summed E-state index contributed by atoms with van der Waals surface area (Å²) >= 11 is 7.33. The molecule has 7 heteroatoms. The SMILES string of the molecule is O=C(O)c1ccc(Cl)nc1Nc1ccc2ncsc2c1. The highest BCUT2D eigenvalue weighted by Gasteiger charge is 2.12. The summed E-state index contributed by atoms with van der Waals surface area (Å²) < 4.78 is 1.01. The molecular weight excluding hydrogens is 298 g/mol. The first-order valence-corrected chi connectivity index (χ1v) is 6.89. The van der Waals surface area contributed by atoms with Gasteiger partial charge in [0.1, 0.15) is 16.5 Å². The van der Waals surface area contributed by atoms with Gasteiger partial charge >= 0.3 is 5.97 Å². The van der Waals surface area contributed by atoms with E-state index in [-0.39, 0.29) is 16.5 Å². The maximum atomic E-state index is 11.2. The average Bonchev–Trinajstić information content (AvgIpc) is 2.85. The minimum atomic E-state index is -1.06. The number of anilines is 2.